The first-order chi connectivity index (χ1) is 10.8. The topological polar surface area (TPSA) is 6.48 Å². The molecule has 0 unspecified atom stereocenters. The Balaban J connectivity index is 0.00000484. The molecule has 0 fully saturated rings. The van der Waals surface area contributed by atoms with Gasteiger partial charge in [-0.05, 0) is 6.42 Å². The van der Waals surface area contributed by atoms with Gasteiger partial charge in [0.25, 0.3) is 0 Å². The average Bonchev–Trinajstić information content (AvgIpc) is 2.93. The first-order valence-electron chi connectivity index (χ1n) is 9.95. The minimum atomic E-state index is 0. The summed E-state index contributed by atoms with van der Waals surface area (Å²) in [4.78, 5) is 4.66. The van der Waals surface area contributed by atoms with Gasteiger partial charge in [0.05, 0.1) is 15.1 Å². The SMILES string of the molecule is B.CCCCCCCCCCCCCCCCN1C=CN(C)C1. The molecule has 0 N–H and O–H groups in total. The molecule has 1 heterocycles. The lowest BCUT2D eigenvalue weighted by Crippen LogP contribution is -2.23. The van der Waals surface area contributed by atoms with Crippen molar-refractivity contribution >= 4 is 8.41 Å². The van der Waals surface area contributed by atoms with E-state index in [1.54, 1.807) is 0 Å². The Kier molecular flexibility index (Phi) is 15.8. The summed E-state index contributed by atoms with van der Waals surface area (Å²) in [6.07, 6.45) is 24.6. The largest absolute Gasteiger partial charge is 0.362 e. The summed E-state index contributed by atoms with van der Waals surface area (Å²) in [6, 6.07) is 0. The van der Waals surface area contributed by atoms with E-state index in [1.165, 1.54) is 96.4 Å². The van der Waals surface area contributed by atoms with Crippen LogP contribution in [-0.2, 0) is 0 Å². The zero-order valence-corrected chi connectivity index (χ0v) is 15.4. The zero-order valence-electron chi connectivity index (χ0n) is 15.4. The highest BCUT2D eigenvalue weighted by Gasteiger charge is 2.06. The molecule has 0 atom stereocenters. The molecule has 3 heteroatoms. The monoisotopic (exact) mass is 322 g/mol. The molecule has 0 radical (unpaired) electrons. The lowest BCUT2D eigenvalue weighted by atomic mass is 10.0. The summed E-state index contributed by atoms with van der Waals surface area (Å²) in [5, 5.41) is 0. The van der Waals surface area contributed by atoms with Crippen molar-refractivity contribution in [1.29, 1.82) is 0 Å². The Morgan fingerprint density at radius 1 is 0.652 bits per heavy atom. The van der Waals surface area contributed by atoms with Gasteiger partial charge in [-0.25, -0.2) is 0 Å². The van der Waals surface area contributed by atoms with E-state index in [2.05, 4.69) is 36.2 Å². The highest BCUT2D eigenvalue weighted by atomic mass is 15.3. The maximum atomic E-state index is 2.42. The van der Waals surface area contributed by atoms with Crippen LogP contribution in [0.1, 0.15) is 96.8 Å². The number of unbranched alkanes of at least 4 members (excludes halogenated alkanes) is 13. The molecule has 0 aromatic carbocycles. The van der Waals surface area contributed by atoms with Crippen LogP contribution >= 0.6 is 0 Å². The Morgan fingerprint density at radius 2 is 1.09 bits per heavy atom. The Bertz CT molecular complexity index is 268. The van der Waals surface area contributed by atoms with E-state index in [1.807, 2.05) is 0 Å². The summed E-state index contributed by atoms with van der Waals surface area (Å²) < 4.78 is 0. The quantitative estimate of drug-likeness (QED) is 0.310. The average molecular weight is 322 g/mol. The van der Waals surface area contributed by atoms with Crippen molar-refractivity contribution in [2.24, 2.45) is 0 Å². The van der Waals surface area contributed by atoms with Gasteiger partial charge in [-0.1, -0.05) is 90.4 Å². The molecule has 0 bridgehead atoms. The highest BCUT2D eigenvalue weighted by Crippen LogP contribution is 2.13. The van der Waals surface area contributed by atoms with E-state index in [4.69, 9.17) is 0 Å². The van der Waals surface area contributed by atoms with Gasteiger partial charge >= 0.3 is 0 Å². The zero-order chi connectivity index (χ0) is 15.9. The van der Waals surface area contributed by atoms with Crippen molar-refractivity contribution in [2.45, 2.75) is 96.8 Å². The van der Waals surface area contributed by atoms with Crippen molar-refractivity contribution in [3.05, 3.63) is 12.4 Å². The van der Waals surface area contributed by atoms with Crippen LogP contribution in [0.2, 0.25) is 0 Å². The molecule has 0 amide bonds. The van der Waals surface area contributed by atoms with Crippen molar-refractivity contribution in [3.8, 4) is 0 Å². The molecule has 0 spiro atoms. The summed E-state index contributed by atoms with van der Waals surface area (Å²) in [6.45, 7) is 4.61. The van der Waals surface area contributed by atoms with E-state index in [0.717, 1.165) is 6.67 Å². The molecular weight excluding hydrogens is 279 g/mol. The predicted octanol–water partition coefficient (Wildman–Crippen LogP) is 4.96. The number of rotatable bonds is 15. The number of hydrogen-bond acceptors (Lipinski definition) is 2. The molecule has 1 rings (SSSR count). The van der Waals surface area contributed by atoms with Gasteiger partial charge in [0.2, 0.25) is 0 Å². The van der Waals surface area contributed by atoms with Crippen LogP contribution in [0.25, 0.3) is 0 Å². The minimum Gasteiger partial charge on any atom is -0.362 e. The van der Waals surface area contributed by atoms with Crippen molar-refractivity contribution in [3.63, 3.8) is 0 Å². The van der Waals surface area contributed by atoms with Crippen LogP contribution in [0.5, 0.6) is 0 Å². The molecular formula is C20H43BN2. The van der Waals surface area contributed by atoms with Gasteiger partial charge in [-0.15, -0.1) is 0 Å². The van der Waals surface area contributed by atoms with Gasteiger partial charge in [0.1, 0.15) is 0 Å². The van der Waals surface area contributed by atoms with Gasteiger partial charge in [-0.2, -0.15) is 0 Å². The fraction of sp³-hybridized carbons (Fsp3) is 0.900. The Morgan fingerprint density at radius 3 is 1.48 bits per heavy atom. The first kappa shape index (κ1) is 22.4. The summed E-state index contributed by atoms with van der Waals surface area (Å²) in [7, 11) is 2.14. The van der Waals surface area contributed by atoms with E-state index in [0.29, 0.717) is 0 Å². The van der Waals surface area contributed by atoms with Crippen LogP contribution in [0.15, 0.2) is 12.4 Å². The summed E-state index contributed by atoms with van der Waals surface area (Å²) >= 11 is 0. The second-order valence-corrected chi connectivity index (χ2v) is 7.11. The molecule has 1 aliphatic heterocycles. The third-order valence-corrected chi connectivity index (χ3v) is 4.74. The van der Waals surface area contributed by atoms with Gasteiger partial charge < -0.3 is 9.80 Å². The lowest BCUT2D eigenvalue weighted by molar-refractivity contribution is 0.290. The minimum absolute atomic E-state index is 0. The maximum absolute atomic E-state index is 2.42. The maximum Gasteiger partial charge on any atom is 0.0890 e. The third-order valence-electron chi connectivity index (χ3n) is 4.74. The van der Waals surface area contributed by atoms with Crippen molar-refractivity contribution in [1.82, 2.24) is 9.80 Å². The fourth-order valence-corrected chi connectivity index (χ4v) is 3.24. The normalized spacial score (nSPS) is 13.7. The van der Waals surface area contributed by atoms with Gasteiger partial charge in [0, 0.05) is 26.0 Å². The second kappa shape index (κ2) is 16.3. The van der Waals surface area contributed by atoms with Crippen LogP contribution in [0.3, 0.4) is 0 Å². The van der Waals surface area contributed by atoms with E-state index >= 15 is 0 Å². The van der Waals surface area contributed by atoms with Crippen molar-refractivity contribution < 1.29 is 0 Å². The molecule has 0 aliphatic carbocycles. The van der Waals surface area contributed by atoms with E-state index in [-0.39, 0.29) is 8.41 Å². The van der Waals surface area contributed by atoms with Crippen LogP contribution in [-0.4, -0.2) is 38.5 Å². The molecule has 0 aromatic heterocycles. The molecule has 23 heavy (non-hydrogen) atoms. The van der Waals surface area contributed by atoms with Crippen LogP contribution in [0, 0.1) is 0 Å². The second-order valence-electron chi connectivity index (χ2n) is 7.11. The standard InChI is InChI=1S/C20H40N2.BH3/c1-3-4-5-6-7-8-9-10-11-12-13-14-15-16-17-22-19-18-21(2)20-22;/h18-19H,3-17,20H2,1-2H3;1H3. The van der Waals surface area contributed by atoms with Crippen LogP contribution < -0.4 is 0 Å². The molecule has 0 aromatic rings. The number of nitrogens with zero attached hydrogens (tertiary/aromatic N) is 2. The fourth-order valence-electron chi connectivity index (χ4n) is 3.24. The smallest absolute Gasteiger partial charge is 0.0890 e. The summed E-state index contributed by atoms with van der Waals surface area (Å²) in [5.74, 6) is 0. The predicted molar refractivity (Wildman–Crippen MR) is 109 cm³/mol. The van der Waals surface area contributed by atoms with Gasteiger partial charge in [0.15, 0.2) is 0 Å². The lowest BCUT2D eigenvalue weighted by Gasteiger charge is -2.17. The molecule has 1 aliphatic rings. The third kappa shape index (κ3) is 13.5. The highest BCUT2D eigenvalue weighted by molar-refractivity contribution is 5.75. The molecule has 0 saturated carbocycles. The summed E-state index contributed by atoms with van der Waals surface area (Å²) in [5.41, 5.74) is 0. The molecule has 0 saturated heterocycles. The Labute approximate surface area is 148 Å². The van der Waals surface area contributed by atoms with Gasteiger partial charge in [-0.3, -0.25) is 0 Å². The molecule has 2 nitrogen and oxygen atoms in total. The van der Waals surface area contributed by atoms with Crippen molar-refractivity contribution in [2.75, 3.05) is 20.3 Å². The molecule has 136 valence electrons. The first-order valence-corrected chi connectivity index (χ1v) is 9.95. The van der Waals surface area contributed by atoms with E-state index in [9.17, 15) is 0 Å². The van der Waals surface area contributed by atoms with E-state index < -0.39 is 0 Å². The Hall–Kier alpha value is -0.595. The van der Waals surface area contributed by atoms with Crippen LogP contribution in [0.4, 0.5) is 0 Å². The number of hydrogen-bond donors (Lipinski definition) is 0.